The summed E-state index contributed by atoms with van der Waals surface area (Å²) in [6.45, 7) is 3.01. The van der Waals surface area contributed by atoms with Crippen molar-refractivity contribution in [3.05, 3.63) is 46.3 Å². The predicted octanol–water partition coefficient (Wildman–Crippen LogP) is 3.37. The van der Waals surface area contributed by atoms with Crippen LogP contribution in [0.5, 0.6) is 0 Å². The minimum atomic E-state index is 0.903. The molecule has 1 aromatic carbocycles. The van der Waals surface area contributed by atoms with Gasteiger partial charge >= 0.3 is 0 Å². The predicted molar refractivity (Wildman–Crippen MR) is 82.2 cm³/mol. The van der Waals surface area contributed by atoms with Gasteiger partial charge in [-0.3, -0.25) is 0 Å². The number of aryl methyl sites for hydroxylation is 2. The highest BCUT2D eigenvalue weighted by Crippen LogP contribution is 2.26. The highest BCUT2D eigenvalue weighted by molar-refractivity contribution is 9.10. The number of halogens is 1. The molecule has 0 saturated carbocycles. The molecular weight excluding hydrogens is 302 g/mol. The van der Waals surface area contributed by atoms with E-state index in [4.69, 9.17) is 0 Å². The molecule has 0 aliphatic heterocycles. The fourth-order valence-corrected chi connectivity index (χ4v) is 2.46. The van der Waals surface area contributed by atoms with E-state index < -0.39 is 0 Å². The van der Waals surface area contributed by atoms with Crippen LogP contribution in [0.4, 0.5) is 0 Å². The van der Waals surface area contributed by atoms with Crippen LogP contribution in [0.25, 0.3) is 11.3 Å². The van der Waals surface area contributed by atoms with E-state index >= 15 is 0 Å². The van der Waals surface area contributed by atoms with E-state index in [0.717, 1.165) is 46.6 Å². The number of hydrogen-bond acceptors (Lipinski definition) is 3. The van der Waals surface area contributed by atoms with Crippen LogP contribution in [-0.2, 0) is 6.42 Å². The van der Waals surface area contributed by atoms with Gasteiger partial charge in [-0.05, 0) is 39.1 Å². The maximum Gasteiger partial charge on any atom is 0.129 e. The van der Waals surface area contributed by atoms with Gasteiger partial charge in [0.25, 0.3) is 0 Å². The third kappa shape index (κ3) is 3.85. The average Bonchev–Trinajstić information content (AvgIpc) is 2.39. The number of aromatic nitrogens is 2. The molecule has 2 aromatic rings. The van der Waals surface area contributed by atoms with Crippen LogP contribution < -0.4 is 5.32 Å². The molecule has 0 atom stereocenters. The molecule has 0 saturated heterocycles. The van der Waals surface area contributed by atoms with Crippen molar-refractivity contribution in [3.63, 3.8) is 0 Å². The first-order chi connectivity index (χ1) is 9.20. The number of hydrogen-bond donors (Lipinski definition) is 1. The second-order valence-electron chi connectivity index (χ2n) is 4.50. The highest BCUT2D eigenvalue weighted by atomic mass is 79.9. The zero-order chi connectivity index (χ0) is 13.7. The van der Waals surface area contributed by atoms with Crippen LogP contribution in [0.3, 0.4) is 0 Å². The first-order valence-corrected chi connectivity index (χ1v) is 7.24. The number of benzene rings is 1. The summed E-state index contributed by atoms with van der Waals surface area (Å²) in [5.74, 6) is 0.918. The molecule has 100 valence electrons. The molecule has 1 heterocycles. The van der Waals surface area contributed by atoms with Crippen LogP contribution >= 0.6 is 15.9 Å². The van der Waals surface area contributed by atoms with E-state index in [-0.39, 0.29) is 0 Å². The summed E-state index contributed by atoms with van der Waals surface area (Å²) in [7, 11) is 1.96. The van der Waals surface area contributed by atoms with Crippen molar-refractivity contribution in [2.24, 2.45) is 0 Å². The Labute approximate surface area is 122 Å². The Hall–Kier alpha value is -1.26. The van der Waals surface area contributed by atoms with Crippen molar-refractivity contribution in [1.29, 1.82) is 0 Å². The van der Waals surface area contributed by atoms with Crippen LogP contribution in [0.1, 0.15) is 17.9 Å². The topological polar surface area (TPSA) is 37.8 Å². The Morgan fingerprint density at radius 1 is 1.21 bits per heavy atom. The molecule has 0 fully saturated rings. The van der Waals surface area contributed by atoms with E-state index in [2.05, 4.69) is 37.3 Å². The zero-order valence-corrected chi connectivity index (χ0v) is 12.9. The van der Waals surface area contributed by atoms with Gasteiger partial charge in [-0.25, -0.2) is 9.97 Å². The third-order valence-electron chi connectivity index (χ3n) is 2.88. The van der Waals surface area contributed by atoms with Crippen molar-refractivity contribution in [2.75, 3.05) is 13.6 Å². The summed E-state index contributed by atoms with van der Waals surface area (Å²) < 4.78 is 1.06. The highest BCUT2D eigenvalue weighted by Gasteiger charge is 2.07. The van der Waals surface area contributed by atoms with E-state index in [0.29, 0.717) is 0 Å². The standard InChI is InChI=1S/C15H18BrN3/c1-11-10-14(12-6-3-4-7-13(12)16)19-15(18-11)8-5-9-17-2/h3-4,6-7,10,17H,5,8-9H2,1-2H3. The van der Waals surface area contributed by atoms with Gasteiger partial charge in [0, 0.05) is 22.2 Å². The summed E-state index contributed by atoms with van der Waals surface area (Å²) in [6, 6.07) is 10.2. The summed E-state index contributed by atoms with van der Waals surface area (Å²) in [5.41, 5.74) is 3.11. The van der Waals surface area contributed by atoms with Crippen LogP contribution in [0.15, 0.2) is 34.8 Å². The Morgan fingerprint density at radius 2 is 2.00 bits per heavy atom. The van der Waals surface area contributed by atoms with Crippen molar-refractivity contribution >= 4 is 15.9 Å². The third-order valence-corrected chi connectivity index (χ3v) is 3.57. The lowest BCUT2D eigenvalue weighted by atomic mass is 10.1. The Balaban J connectivity index is 2.29. The molecule has 3 nitrogen and oxygen atoms in total. The van der Waals surface area contributed by atoms with E-state index in [1.54, 1.807) is 0 Å². The van der Waals surface area contributed by atoms with Crippen molar-refractivity contribution in [2.45, 2.75) is 19.8 Å². The second kappa shape index (κ2) is 6.78. The van der Waals surface area contributed by atoms with Gasteiger partial charge in [0.05, 0.1) is 5.69 Å². The summed E-state index contributed by atoms with van der Waals surface area (Å²) in [5, 5.41) is 3.14. The fourth-order valence-electron chi connectivity index (χ4n) is 1.97. The van der Waals surface area contributed by atoms with Crippen LogP contribution in [-0.4, -0.2) is 23.6 Å². The smallest absolute Gasteiger partial charge is 0.129 e. The quantitative estimate of drug-likeness (QED) is 0.859. The molecule has 0 amide bonds. The maximum atomic E-state index is 4.67. The van der Waals surface area contributed by atoms with Gasteiger partial charge in [0.2, 0.25) is 0 Å². The second-order valence-corrected chi connectivity index (χ2v) is 5.35. The van der Waals surface area contributed by atoms with Gasteiger partial charge in [-0.1, -0.05) is 34.1 Å². The molecule has 19 heavy (non-hydrogen) atoms. The first-order valence-electron chi connectivity index (χ1n) is 6.45. The maximum absolute atomic E-state index is 4.67. The SMILES string of the molecule is CNCCCc1nc(C)cc(-c2ccccc2Br)n1. The lowest BCUT2D eigenvalue weighted by molar-refractivity contribution is 0.701. The average molecular weight is 320 g/mol. The molecule has 1 aromatic heterocycles. The lowest BCUT2D eigenvalue weighted by Crippen LogP contribution is -2.10. The van der Waals surface area contributed by atoms with Crippen molar-refractivity contribution < 1.29 is 0 Å². The monoisotopic (exact) mass is 319 g/mol. The molecule has 2 rings (SSSR count). The fraction of sp³-hybridized carbons (Fsp3) is 0.333. The van der Waals surface area contributed by atoms with E-state index in [1.165, 1.54) is 0 Å². The molecule has 0 bridgehead atoms. The van der Waals surface area contributed by atoms with Crippen LogP contribution in [0.2, 0.25) is 0 Å². The number of nitrogens with zero attached hydrogens (tertiary/aromatic N) is 2. The van der Waals surface area contributed by atoms with E-state index in [9.17, 15) is 0 Å². The van der Waals surface area contributed by atoms with Gasteiger partial charge in [-0.15, -0.1) is 0 Å². The molecule has 0 unspecified atom stereocenters. The van der Waals surface area contributed by atoms with Gasteiger partial charge in [0.1, 0.15) is 5.82 Å². The van der Waals surface area contributed by atoms with Crippen molar-refractivity contribution in [1.82, 2.24) is 15.3 Å². The summed E-state index contributed by atoms with van der Waals surface area (Å²) in [6.07, 6.45) is 1.95. The molecule has 0 aliphatic carbocycles. The largest absolute Gasteiger partial charge is 0.320 e. The summed E-state index contributed by atoms with van der Waals surface area (Å²) >= 11 is 3.58. The Morgan fingerprint density at radius 3 is 2.74 bits per heavy atom. The summed E-state index contributed by atoms with van der Waals surface area (Å²) in [4.78, 5) is 9.17. The van der Waals surface area contributed by atoms with Gasteiger partial charge in [-0.2, -0.15) is 0 Å². The van der Waals surface area contributed by atoms with Crippen LogP contribution in [0, 0.1) is 6.92 Å². The molecule has 4 heteroatoms. The Bertz CT molecular complexity index is 555. The van der Waals surface area contributed by atoms with Crippen molar-refractivity contribution in [3.8, 4) is 11.3 Å². The molecular formula is C15H18BrN3. The molecule has 0 radical (unpaired) electrons. The zero-order valence-electron chi connectivity index (χ0n) is 11.3. The lowest BCUT2D eigenvalue weighted by Gasteiger charge is -2.07. The Kier molecular flexibility index (Phi) is 5.05. The van der Waals surface area contributed by atoms with Gasteiger partial charge in [0.15, 0.2) is 0 Å². The molecule has 0 aliphatic rings. The number of nitrogens with one attached hydrogen (secondary N) is 1. The normalized spacial score (nSPS) is 10.7. The van der Waals surface area contributed by atoms with Gasteiger partial charge < -0.3 is 5.32 Å². The minimum Gasteiger partial charge on any atom is -0.320 e. The van der Waals surface area contributed by atoms with E-state index in [1.807, 2.05) is 38.2 Å². The molecule has 0 spiro atoms. The minimum absolute atomic E-state index is 0.903. The molecule has 1 N–H and O–H groups in total. The first kappa shape index (κ1) is 14.2. The number of rotatable bonds is 5.